The molecule has 0 fully saturated rings. The van der Waals surface area contributed by atoms with Gasteiger partial charge in [0.25, 0.3) is 0 Å². The smallest absolute Gasteiger partial charge is 0.744 e. The largest absolute Gasteiger partial charge is 1.00 e. The molecule has 2 N–H and O–H groups in total. The van der Waals surface area contributed by atoms with E-state index in [1.54, 1.807) is 0 Å². The van der Waals surface area contributed by atoms with Gasteiger partial charge in [-0.05, 0) is 59.1 Å². The summed E-state index contributed by atoms with van der Waals surface area (Å²) in [7, 11) is -15.8. The van der Waals surface area contributed by atoms with Gasteiger partial charge in [0.05, 0.1) is 31.6 Å². The molecule has 0 saturated heterocycles. The summed E-state index contributed by atoms with van der Waals surface area (Å²) in [5, 5.41) is 5.16. The van der Waals surface area contributed by atoms with E-state index in [0.717, 1.165) is 12.1 Å². The number of nitrogens with one attached hydrogen (secondary N) is 2. The maximum atomic E-state index is 13.5. The van der Waals surface area contributed by atoms with Crippen molar-refractivity contribution in [2.45, 2.75) is 9.79 Å². The topological polar surface area (TPSA) is 264 Å². The Bertz CT molecular complexity index is 1980. The zero-order chi connectivity index (χ0) is 29.6. The Morgan fingerprint density at radius 3 is 1.88 bits per heavy atom. The van der Waals surface area contributed by atoms with Gasteiger partial charge >= 0.3 is 88.7 Å². The van der Waals surface area contributed by atoms with Crippen LogP contribution in [0.3, 0.4) is 0 Å². The van der Waals surface area contributed by atoms with Gasteiger partial charge in [-0.25, -0.2) is 25.3 Å². The number of hydrogen-bond acceptors (Lipinski definition) is 16. The maximum Gasteiger partial charge on any atom is 1.00 e. The van der Waals surface area contributed by atoms with E-state index < -0.39 is 95.6 Å². The molecule has 1 aliphatic carbocycles. The number of anilines is 3. The first kappa shape index (κ1) is 40.5. The van der Waals surface area contributed by atoms with Crippen molar-refractivity contribution in [3.63, 3.8) is 0 Å². The Kier molecular flexibility index (Phi) is 14.4. The van der Waals surface area contributed by atoms with E-state index in [0.29, 0.717) is 18.2 Å². The number of Topliss-reactive ketones (excluding diaryl/α,β-unsaturated/α-hetero) is 1. The zero-order valence-electron chi connectivity index (χ0n) is 21.9. The summed E-state index contributed by atoms with van der Waals surface area (Å²) in [6, 6.07) is 5.80. The van der Waals surface area contributed by atoms with Crippen LogP contribution in [-0.2, 0) is 30.4 Å². The third kappa shape index (κ3) is 9.72. The first-order valence-corrected chi connectivity index (χ1v) is 15.0. The molecule has 210 valence electrons. The van der Waals surface area contributed by atoms with E-state index >= 15 is 0 Å². The molecule has 0 aliphatic heterocycles. The van der Waals surface area contributed by atoms with Crippen LogP contribution in [0.5, 0.6) is 0 Å². The average molecular weight is 717 g/mol. The second-order valence-corrected chi connectivity index (χ2v) is 12.3. The zero-order valence-corrected chi connectivity index (χ0v) is 31.9. The molecular weight excluding hydrogens is 708 g/mol. The van der Waals surface area contributed by atoms with Gasteiger partial charge in [-0.2, -0.15) is 20.1 Å². The SMILES string of the molecule is O=C1/C(=N\Nc2ccccc2S(=O)(=O)[O-])C(S(=O)(=O)[O-])=Cc2cc(S(=O)(=O)[O-])cc(Nc3nc(Cl)nc(Cl)n3)c21.[Na+].[Na+].[Na+]. The molecule has 1 heterocycles. The normalized spacial score (nSPS) is 13.9. The molecule has 0 unspecified atom stereocenters. The molecule has 0 amide bonds. The standard InChI is InChI=1S/C19H12Cl2N6O10S3.3Na/c20-17-23-18(21)25-19(24-17)22-11-7-9(38(29,30)31)5-8-6-13(40(35,36)37)15(16(28)14(8)11)27-26-10-3-1-2-4-12(10)39(32,33)34;;;/h1-7,26H,(H,29,30,31)(H,32,33,34)(H,35,36,37)(H,22,23,24,25);;;/q;3*+1/p-3/b27-15-;;;. The number of carbonyl (C=O) groups is 1. The van der Waals surface area contributed by atoms with E-state index in [-0.39, 0.29) is 88.7 Å². The molecule has 16 nitrogen and oxygen atoms in total. The molecule has 0 spiro atoms. The second kappa shape index (κ2) is 15.4. The van der Waals surface area contributed by atoms with Crippen molar-refractivity contribution in [1.82, 2.24) is 15.0 Å². The number of hydrogen-bond donors (Lipinski definition) is 2. The number of halogens is 2. The molecule has 1 aliphatic rings. The fraction of sp³-hybridized carbons (Fsp3) is 0. The Morgan fingerprint density at radius 2 is 1.35 bits per heavy atom. The number of para-hydroxylation sites is 1. The monoisotopic (exact) mass is 716 g/mol. The van der Waals surface area contributed by atoms with Crippen LogP contribution in [-0.4, -0.2) is 65.4 Å². The number of nitrogens with zero attached hydrogens (tertiary/aromatic N) is 4. The molecule has 0 radical (unpaired) electrons. The number of aromatic nitrogens is 3. The Hall–Kier alpha value is -0.560. The van der Waals surface area contributed by atoms with Crippen molar-refractivity contribution < 1.29 is 132 Å². The third-order valence-corrected chi connectivity index (χ3v) is 7.83. The van der Waals surface area contributed by atoms with Gasteiger partial charge in [0.2, 0.25) is 22.3 Å². The van der Waals surface area contributed by atoms with Crippen LogP contribution in [0.1, 0.15) is 15.9 Å². The number of carbonyl (C=O) groups excluding carboxylic acids is 1. The van der Waals surface area contributed by atoms with Crippen molar-refractivity contribution in [2.75, 3.05) is 10.7 Å². The van der Waals surface area contributed by atoms with Crippen molar-refractivity contribution >= 4 is 88.5 Å². The second-order valence-electron chi connectivity index (χ2n) is 7.53. The first-order chi connectivity index (χ1) is 18.4. The van der Waals surface area contributed by atoms with Crippen molar-refractivity contribution in [1.29, 1.82) is 0 Å². The van der Waals surface area contributed by atoms with Gasteiger partial charge in [0.1, 0.15) is 36.1 Å². The molecule has 0 saturated carbocycles. The van der Waals surface area contributed by atoms with Crippen LogP contribution in [0.15, 0.2) is 56.2 Å². The minimum absolute atomic E-state index is 0. The Labute approximate surface area is 320 Å². The summed E-state index contributed by atoms with van der Waals surface area (Å²) in [5.41, 5.74) is -0.966. The molecule has 2 aromatic carbocycles. The van der Waals surface area contributed by atoms with Crippen molar-refractivity contribution in [3.05, 3.63) is 63.0 Å². The molecule has 4 rings (SSSR count). The number of rotatable bonds is 7. The number of hydrazone groups is 1. The minimum Gasteiger partial charge on any atom is -0.744 e. The van der Waals surface area contributed by atoms with Crippen LogP contribution in [0.2, 0.25) is 10.6 Å². The van der Waals surface area contributed by atoms with Crippen LogP contribution < -0.4 is 99.4 Å². The average Bonchev–Trinajstić information content (AvgIpc) is 2.80. The van der Waals surface area contributed by atoms with Crippen LogP contribution in [0.25, 0.3) is 6.08 Å². The molecule has 43 heavy (non-hydrogen) atoms. The quantitative estimate of drug-likeness (QED) is 0.131. The van der Waals surface area contributed by atoms with Crippen molar-refractivity contribution in [2.24, 2.45) is 5.10 Å². The fourth-order valence-corrected chi connectivity index (χ4v) is 5.55. The summed E-state index contributed by atoms with van der Waals surface area (Å²) < 4.78 is 106. The van der Waals surface area contributed by atoms with Gasteiger partial charge in [0, 0.05) is 0 Å². The molecule has 1 aromatic heterocycles. The van der Waals surface area contributed by atoms with Gasteiger partial charge < -0.3 is 19.0 Å². The van der Waals surface area contributed by atoms with Crippen molar-refractivity contribution in [3.8, 4) is 0 Å². The Balaban J connectivity index is 0.00000308. The minimum atomic E-state index is -5.50. The van der Waals surface area contributed by atoms with E-state index in [1.165, 1.54) is 12.1 Å². The van der Waals surface area contributed by atoms with E-state index in [2.05, 4.69) is 30.8 Å². The summed E-state index contributed by atoms with van der Waals surface area (Å²) >= 11 is 11.5. The van der Waals surface area contributed by atoms with E-state index in [4.69, 9.17) is 23.2 Å². The van der Waals surface area contributed by atoms with Gasteiger partial charge in [0.15, 0.2) is 0 Å². The molecule has 24 heteroatoms. The maximum absolute atomic E-state index is 13.5. The summed E-state index contributed by atoms with van der Waals surface area (Å²) in [5.74, 6) is -1.75. The summed E-state index contributed by atoms with van der Waals surface area (Å²) in [6.07, 6.45) is 0.572. The summed E-state index contributed by atoms with van der Waals surface area (Å²) in [6.45, 7) is 0. The molecule has 3 aromatic rings. The van der Waals surface area contributed by atoms with Crippen LogP contribution in [0.4, 0.5) is 17.3 Å². The number of allylic oxidation sites excluding steroid dienone is 1. The van der Waals surface area contributed by atoms with Crippen LogP contribution >= 0.6 is 23.2 Å². The van der Waals surface area contributed by atoms with E-state index in [1.807, 2.05) is 0 Å². The van der Waals surface area contributed by atoms with Gasteiger partial charge in [-0.3, -0.25) is 10.2 Å². The van der Waals surface area contributed by atoms with Crippen LogP contribution in [0, 0.1) is 0 Å². The van der Waals surface area contributed by atoms with Gasteiger partial charge in [-0.1, -0.05) is 12.1 Å². The number of benzene rings is 2. The number of fused-ring (bicyclic) bond motifs is 1. The van der Waals surface area contributed by atoms with E-state index in [9.17, 15) is 43.7 Å². The summed E-state index contributed by atoms with van der Waals surface area (Å²) in [4.78, 5) is 21.4. The molecular formula is C19H9Cl2N6Na3O10S3. The Morgan fingerprint density at radius 1 is 0.767 bits per heavy atom. The third-order valence-electron chi connectivity index (χ3n) is 4.93. The predicted octanol–water partition coefficient (Wildman–Crippen LogP) is -7.71. The molecule has 0 atom stereocenters. The number of ketones is 1. The molecule has 0 bridgehead atoms. The predicted molar refractivity (Wildman–Crippen MR) is 135 cm³/mol. The first-order valence-electron chi connectivity index (χ1n) is 10.0. The fourth-order valence-electron chi connectivity index (χ4n) is 3.38. The van der Waals surface area contributed by atoms with Gasteiger partial charge in [-0.15, -0.1) is 0 Å².